The molecule has 1 heterocycles. The first-order valence-corrected chi connectivity index (χ1v) is 6.78. The molecule has 1 aromatic carbocycles. The number of hydrogen-bond acceptors (Lipinski definition) is 3. The predicted molar refractivity (Wildman–Crippen MR) is 71.8 cm³/mol. The molecule has 104 valence electrons. The fraction of sp³-hybridized carbons (Fsp3) is 0.385. The van der Waals surface area contributed by atoms with Crippen LogP contribution in [0.25, 0.3) is 10.1 Å². The van der Waals surface area contributed by atoms with Gasteiger partial charge in [0.1, 0.15) is 6.61 Å². The molecule has 0 bridgehead atoms. The Morgan fingerprint density at radius 3 is 2.84 bits per heavy atom. The van der Waals surface area contributed by atoms with E-state index in [2.05, 4.69) is 10.1 Å². The number of thiophene rings is 1. The number of halogens is 3. The molecule has 0 atom stereocenters. The van der Waals surface area contributed by atoms with E-state index < -0.39 is 12.8 Å². The lowest BCUT2D eigenvalue weighted by Crippen LogP contribution is -2.18. The van der Waals surface area contributed by atoms with Crippen molar-refractivity contribution in [1.82, 2.24) is 0 Å². The molecule has 0 aliphatic heterocycles. The third-order valence-electron chi connectivity index (χ3n) is 2.51. The molecule has 0 spiro atoms. The zero-order valence-electron chi connectivity index (χ0n) is 10.2. The van der Waals surface area contributed by atoms with Crippen molar-refractivity contribution in [3.05, 3.63) is 29.6 Å². The Bertz CT molecular complexity index is 524. The fourth-order valence-electron chi connectivity index (χ4n) is 1.67. The van der Waals surface area contributed by atoms with Crippen LogP contribution in [-0.4, -0.2) is 25.9 Å². The van der Waals surface area contributed by atoms with Crippen molar-refractivity contribution < 1.29 is 17.9 Å². The average Bonchev–Trinajstić information content (AvgIpc) is 2.79. The van der Waals surface area contributed by atoms with Gasteiger partial charge in [0.25, 0.3) is 0 Å². The second-order valence-electron chi connectivity index (χ2n) is 4.12. The Kier molecular flexibility index (Phi) is 4.66. The first-order valence-electron chi connectivity index (χ1n) is 5.90. The summed E-state index contributed by atoms with van der Waals surface area (Å²) in [7, 11) is 0. The average molecular weight is 289 g/mol. The molecular weight excluding hydrogens is 275 g/mol. The maximum absolute atomic E-state index is 11.8. The van der Waals surface area contributed by atoms with Crippen molar-refractivity contribution >= 4 is 27.1 Å². The van der Waals surface area contributed by atoms with Crippen LogP contribution in [0.1, 0.15) is 6.42 Å². The van der Waals surface area contributed by atoms with E-state index in [-0.39, 0.29) is 6.61 Å². The van der Waals surface area contributed by atoms with Crippen LogP contribution in [0.4, 0.5) is 18.9 Å². The number of nitrogens with one attached hydrogen (secondary N) is 1. The quantitative estimate of drug-likeness (QED) is 0.801. The number of benzene rings is 1. The van der Waals surface area contributed by atoms with E-state index in [1.165, 1.54) is 10.1 Å². The maximum Gasteiger partial charge on any atom is 0.411 e. The van der Waals surface area contributed by atoms with Gasteiger partial charge in [0, 0.05) is 23.5 Å². The van der Waals surface area contributed by atoms with Crippen LogP contribution in [0.5, 0.6) is 0 Å². The molecule has 2 rings (SSSR count). The van der Waals surface area contributed by atoms with Gasteiger partial charge < -0.3 is 10.1 Å². The lowest BCUT2D eigenvalue weighted by Gasteiger charge is -2.09. The molecule has 1 N–H and O–H groups in total. The second kappa shape index (κ2) is 6.25. The van der Waals surface area contributed by atoms with Gasteiger partial charge in [-0.3, -0.25) is 0 Å². The van der Waals surface area contributed by atoms with E-state index in [1.54, 1.807) is 11.3 Å². The van der Waals surface area contributed by atoms with E-state index in [1.807, 2.05) is 29.6 Å². The lowest BCUT2D eigenvalue weighted by molar-refractivity contribution is -0.173. The van der Waals surface area contributed by atoms with Crippen LogP contribution in [0, 0.1) is 0 Å². The molecule has 0 aliphatic carbocycles. The summed E-state index contributed by atoms with van der Waals surface area (Å²) < 4.78 is 41.2. The Labute approximate surface area is 113 Å². The highest BCUT2D eigenvalue weighted by Crippen LogP contribution is 2.23. The number of hydrogen-bond donors (Lipinski definition) is 1. The molecule has 0 fully saturated rings. The minimum Gasteiger partial charge on any atom is -0.385 e. The molecular formula is C13H14F3NOS. The fourth-order valence-corrected chi connectivity index (χ4v) is 2.44. The molecule has 2 nitrogen and oxygen atoms in total. The SMILES string of the molecule is FC(F)(F)COCCCNc1ccc2sccc2c1. The maximum atomic E-state index is 11.8. The normalized spacial score (nSPS) is 11.9. The standard InChI is InChI=1S/C13H14F3NOS/c14-13(15,16)9-18-6-1-5-17-11-2-3-12-10(8-11)4-7-19-12/h2-4,7-8,17H,1,5-6,9H2. The van der Waals surface area contributed by atoms with Crippen molar-refractivity contribution in [2.75, 3.05) is 25.1 Å². The molecule has 1 aromatic heterocycles. The number of anilines is 1. The number of ether oxygens (including phenoxy) is 1. The van der Waals surface area contributed by atoms with Gasteiger partial charge in [0.2, 0.25) is 0 Å². The summed E-state index contributed by atoms with van der Waals surface area (Å²) in [5.41, 5.74) is 0.974. The van der Waals surface area contributed by atoms with E-state index in [9.17, 15) is 13.2 Å². The van der Waals surface area contributed by atoms with E-state index >= 15 is 0 Å². The summed E-state index contributed by atoms with van der Waals surface area (Å²) in [6.45, 7) is -0.478. The number of alkyl halides is 3. The van der Waals surface area contributed by atoms with Gasteiger partial charge in [-0.15, -0.1) is 11.3 Å². The first-order chi connectivity index (χ1) is 9.04. The highest BCUT2D eigenvalue weighted by molar-refractivity contribution is 7.17. The van der Waals surface area contributed by atoms with Crippen molar-refractivity contribution in [3.8, 4) is 0 Å². The van der Waals surface area contributed by atoms with E-state index in [0.29, 0.717) is 13.0 Å². The zero-order valence-corrected chi connectivity index (χ0v) is 11.0. The van der Waals surface area contributed by atoms with Crippen LogP contribution < -0.4 is 5.32 Å². The smallest absolute Gasteiger partial charge is 0.385 e. The van der Waals surface area contributed by atoms with E-state index in [0.717, 1.165) is 5.69 Å². The van der Waals surface area contributed by atoms with Crippen LogP contribution in [0.2, 0.25) is 0 Å². The van der Waals surface area contributed by atoms with Crippen LogP contribution in [0.15, 0.2) is 29.6 Å². The summed E-state index contributed by atoms with van der Waals surface area (Å²) in [6, 6.07) is 8.07. The van der Waals surface area contributed by atoms with Crippen LogP contribution in [-0.2, 0) is 4.74 Å². The third kappa shape index (κ3) is 4.72. The summed E-state index contributed by atoms with van der Waals surface area (Å²) in [4.78, 5) is 0. The molecule has 0 unspecified atom stereocenters. The second-order valence-corrected chi connectivity index (χ2v) is 5.07. The van der Waals surface area contributed by atoms with E-state index in [4.69, 9.17) is 0 Å². The highest BCUT2D eigenvalue weighted by Gasteiger charge is 2.27. The summed E-state index contributed by atoms with van der Waals surface area (Å²) in [5.74, 6) is 0. The Morgan fingerprint density at radius 2 is 2.05 bits per heavy atom. The Hall–Kier alpha value is -1.27. The van der Waals surface area contributed by atoms with Crippen molar-refractivity contribution in [3.63, 3.8) is 0 Å². The minimum atomic E-state index is -4.24. The van der Waals surface area contributed by atoms with Gasteiger partial charge in [-0.25, -0.2) is 0 Å². The Morgan fingerprint density at radius 1 is 1.21 bits per heavy atom. The van der Waals surface area contributed by atoms with Crippen LogP contribution >= 0.6 is 11.3 Å². The van der Waals surface area contributed by atoms with Gasteiger partial charge in [0.05, 0.1) is 0 Å². The first kappa shape index (κ1) is 14.1. The topological polar surface area (TPSA) is 21.3 Å². The van der Waals surface area contributed by atoms with Crippen molar-refractivity contribution in [1.29, 1.82) is 0 Å². The molecule has 0 saturated carbocycles. The zero-order chi connectivity index (χ0) is 13.7. The van der Waals surface area contributed by atoms with Crippen molar-refractivity contribution in [2.24, 2.45) is 0 Å². The molecule has 2 aromatic rings. The molecule has 6 heteroatoms. The molecule has 19 heavy (non-hydrogen) atoms. The number of rotatable bonds is 6. The summed E-state index contributed by atoms with van der Waals surface area (Å²) in [6.07, 6.45) is -3.70. The molecule has 0 radical (unpaired) electrons. The van der Waals surface area contributed by atoms with Gasteiger partial charge in [0.15, 0.2) is 0 Å². The Balaban J connectivity index is 1.68. The highest BCUT2D eigenvalue weighted by atomic mass is 32.1. The third-order valence-corrected chi connectivity index (χ3v) is 3.41. The summed E-state index contributed by atoms with van der Waals surface area (Å²) >= 11 is 1.68. The van der Waals surface area contributed by atoms with Gasteiger partial charge in [-0.1, -0.05) is 0 Å². The number of fused-ring (bicyclic) bond motifs is 1. The minimum absolute atomic E-state index is 0.104. The molecule has 0 saturated heterocycles. The van der Waals surface area contributed by atoms with Gasteiger partial charge >= 0.3 is 6.18 Å². The van der Waals surface area contributed by atoms with Crippen LogP contribution in [0.3, 0.4) is 0 Å². The monoisotopic (exact) mass is 289 g/mol. The molecule has 0 amide bonds. The largest absolute Gasteiger partial charge is 0.411 e. The van der Waals surface area contributed by atoms with Crippen molar-refractivity contribution in [2.45, 2.75) is 12.6 Å². The summed E-state index contributed by atoms with van der Waals surface area (Å²) in [5, 5.41) is 6.36. The molecule has 0 aliphatic rings. The van der Waals surface area contributed by atoms with Gasteiger partial charge in [-0.2, -0.15) is 13.2 Å². The predicted octanol–water partition coefficient (Wildman–Crippen LogP) is 4.28. The lowest BCUT2D eigenvalue weighted by atomic mass is 10.2. The van der Waals surface area contributed by atoms with Gasteiger partial charge in [-0.05, 0) is 41.5 Å².